The van der Waals surface area contributed by atoms with Crippen LogP contribution < -0.4 is 0 Å². The number of ether oxygens (including phenoxy) is 1. The number of aryl methyl sites for hydroxylation is 2. The van der Waals surface area contributed by atoms with E-state index in [2.05, 4.69) is 33.1 Å². The maximum atomic E-state index is 5.90. The van der Waals surface area contributed by atoms with Crippen molar-refractivity contribution < 1.29 is 13.7 Å². The molecule has 1 saturated heterocycles. The Morgan fingerprint density at radius 2 is 2.24 bits per heavy atom. The fraction of sp³-hybridized carbons (Fsp3) is 0.471. The Morgan fingerprint density at radius 3 is 3.00 bits per heavy atom. The minimum absolute atomic E-state index is 0.100. The molecule has 0 bridgehead atoms. The van der Waals surface area contributed by atoms with Gasteiger partial charge in [-0.25, -0.2) is 0 Å². The van der Waals surface area contributed by atoms with Crippen LogP contribution in [0.2, 0.25) is 0 Å². The molecular formula is C17H21N5O3. The van der Waals surface area contributed by atoms with E-state index in [-0.39, 0.29) is 6.10 Å². The summed E-state index contributed by atoms with van der Waals surface area (Å²) >= 11 is 0. The Labute approximate surface area is 145 Å². The van der Waals surface area contributed by atoms with Gasteiger partial charge in [-0.2, -0.15) is 10.1 Å². The van der Waals surface area contributed by atoms with Gasteiger partial charge < -0.3 is 13.7 Å². The maximum Gasteiger partial charge on any atom is 0.241 e. The summed E-state index contributed by atoms with van der Waals surface area (Å²) in [6.07, 6.45) is 3.30. The topological polar surface area (TPSA) is 82.4 Å². The summed E-state index contributed by atoms with van der Waals surface area (Å²) in [4.78, 5) is 6.71. The second-order valence-electron chi connectivity index (χ2n) is 6.36. The van der Waals surface area contributed by atoms with Gasteiger partial charge in [0.2, 0.25) is 11.7 Å². The van der Waals surface area contributed by atoms with E-state index < -0.39 is 0 Å². The third kappa shape index (κ3) is 3.64. The number of morpholine rings is 1. The molecule has 1 atom stereocenters. The lowest BCUT2D eigenvalue weighted by atomic mass is 10.2. The van der Waals surface area contributed by atoms with Crippen LogP contribution in [0, 0.1) is 13.8 Å². The Balaban J connectivity index is 1.37. The molecule has 3 aromatic rings. The van der Waals surface area contributed by atoms with Gasteiger partial charge in [-0.15, -0.1) is 0 Å². The average Bonchev–Trinajstić information content (AvgIpc) is 3.30. The highest BCUT2D eigenvalue weighted by Crippen LogP contribution is 2.17. The van der Waals surface area contributed by atoms with Gasteiger partial charge in [-0.05, 0) is 26.0 Å². The first-order valence-electron chi connectivity index (χ1n) is 8.37. The van der Waals surface area contributed by atoms with Crippen LogP contribution in [0.1, 0.15) is 17.3 Å². The van der Waals surface area contributed by atoms with Crippen LogP contribution in [-0.2, 0) is 17.8 Å². The molecule has 0 radical (unpaired) electrons. The Hall–Kier alpha value is -2.45. The molecule has 0 aliphatic carbocycles. The molecule has 25 heavy (non-hydrogen) atoms. The van der Waals surface area contributed by atoms with E-state index >= 15 is 0 Å². The van der Waals surface area contributed by atoms with E-state index in [0.29, 0.717) is 24.9 Å². The predicted octanol–water partition coefficient (Wildman–Crippen LogP) is 2.04. The summed E-state index contributed by atoms with van der Waals surface area (Å²) in [5, 5.41) is 8.52. The lowest BCUT2D eigenvalue weighted by Gasteiger charge is -2.32. The van der Waals surface area contributed by atoms with Crippen LogP contribution in [0.25, 0.3) is 11.4 Å². The zero-order chi connectivity index (χ0) is 17.2. The van der Waals surface area contributed by atoms with E-state index in [1.165, 1.54) is 0 Å². The molecule has 4 heterocycles. The summed E-state index contributed by atoms with van der Waals surface area (Å²) in [5.74, 6) is 1.15. The second kappa shape index (κ2) is 6.81. The lowest BCUT2D eigenvalue weighted by molar-refractivity contribution is -0.0429. The molecule has 1 aliphatic heterocycles. The minimum Gasteiger partial charge on any atom is -0.472 e. The van der Waals surface area contributed by atoms with Gasteiger partial charge in [0.15, 0.2) is 0 Å². The average molecular weight is 343 g/mol. The van der Waals surface area contributed by atoms with Crippen LogP contribution >= 0.6 is 0 Å². The van der Waals surface area contributed by atoms with E-state index in [9.17, 15) is 0 Å². The molecule has 1 fully saturated rings. The quantitative estimate of drug-likeness (QED) is 0.701. The zero-order valence-corrected chi connectivity index (χ0v) is 14.4. The first-order chi connectivity index (χ1) is 12.2. The van der Waals surface area contributed by atoms with Crippen LogP contribution in [0.3, 0.4) is 0 Å². The third-order valence-electron chi connectivity index (χ3n) is 4.31. The number of furan rings is 1. The number of hydrogen-bond acceptors (Lipinski definition) is 7. The number of aromatic nitrogens is 4. The fourth-order valence-corrected chi connectivity index (χ4v) is 3.11. The van der Waals surface area contributed by atoms with Gasteiger partial charge >= 0.3 is 0 Å². The molecule has 1 aliphatic rings. The van der Waals surface area contributed by atoms with Gasteiger partial charge in [0.1, 0.15) is 6.26 Å². The molecule has 0 spiro atoms. The summed E-state index contributed by atoms with van der Waals surface area (Å²) in [7, 11) is 0. The van der Waals surface area contributed by atoms with Gasteiger partial charge in [-0.3, -0.25) is 9.58 Å². The van der Waals surface area contributed by atoms with Crippen molar-refractivity contribution in [1.82, 2.24) is 24.8 Å². The van der Waals surface area contributed by atoms with E-state index in [1.54, 1.807) is 12.5 Å². The molecule has 0 unspecified atom stereocenters. The third-order valence-corrected chi connectivity index (χ3v) is 4.31. The summed E-state index contributed by atoms with van der Waals surface area (Å²) in [5.41, 5.74) is 3.00. The van der Waals surface area contributed by atoms with Gasteiger partial charge in [-0.1, -0.05) is 5.16 Å². The highest BCUT2D eigenvalue weighted by molar-refractivity contribution is 5.51. The second-order valence-corrected chi connectivity index (χ2v) is 6.36. The van der Waals surface area contributed by atoms with Crippen molar-refractivity contribution in [3.05, 3.63) is 41.9 Å². The molecular weight excluding hydrogens is 322 g/mol. The van der Waals surface area contributed by atoms with E-state index in [1.807, 2.05) is 17.7 Å². The van der Waals surface area contributed by atoms with Crippen LogP contribution in [0.15, 0.2) is 33.6 Å². The molecule has 132 valence electrons. The molecule has 0 N–H and O–H groups in total. The zero-order valence-electron chi connectivity index (χ0n) is 14.4. The normalized spacial score (nSPS) is 18.7. The standard InChI is InChI=1S/C17H21N5O3/c1-12-7-13(2)22(19-12)9-15-8-21(4-6-24-15)10-16-18-17(20-25-16)14-3-5-23-11-14/h3,5,7,11,15H,4,6,8-10H2,1-2H3/t15-/m1/s1. The first-order valence-corrected chi connectivity index (χ1v) is 8.37. The number of hydrogen-bond donors (Lipinski definition) is 0. The first kappa shape index (κ1) is 16.0. The summed E-state index contributed by atoms with van der Waals surface area (Å²) < 4.78 is 18.3. The number of rotatable bonds is 5. The highest BCUT2D eigenvalue weighted by atomic mass is 16.5. The van der Waals surface area contributed by atoms with E-state index in [0.717, 1.165) is 36.6 Å². The van der Waals surface area contributed by atoms with Gasteiger partial charge in [0.25, 0.3) is 0 Å². The van der Waals surface area contributed by atoms with Gasteiger partial charge in [0, 0.05) is 18.8 Å². The largest absolute Gasteiger partial charge is 0.472 e. The summed E-state index contributed by atoms with van der Waals surface area (Å²) in [6, 6.07) is 3.89. The molecule has 0 amide bonds. The number of nitrogens with zero attached hydrogens (tertiary/aromatic N) is 5. The monoisotopic (exact) mass is 343 g/mol. The van der Waals surface area contributed by atoms with Crippen molar-refractivity contribution in [2.45, 2.75) is 33.0 Å². The molecule has 0 saturated carbocycles. The van der Waals surface area contributed by atoms with Crippen LogP contribution in [-0.4, -0.2) is 50.6 Å². The smallest absolute Gasteiger partial charge is 0.241 e. The molecule has 8 heteroatoms. The van der Waals surface area contributed by atoms with Crippen LogP contribution in [0.5, 0.6) is 0 Å². The van der Waals surface area contributed by atoms with Crippen molar-refractivity contribution in [2.24, 2.45) is 0 Å². The Kier molecular flexibility index (Phi) is 4.37. The minimum atomic E-state index is 0.100. The van der Waals surface area contributed by atoms with Crippen molar-refractivity contribution in [2.75, 3.05) is 19.7 Å². The predicted molar refractivity (Wildman–Crippen MR) is 88.7 cm³/mol. The maximum absolute atomic E-state index is 5.90. The van der Waals surface area contributed by atoms with Crippen molar-refractivity contribution in [1.29, 1.82) is 0 Å². The Bertz CT molecular complexity index is 823. The van der Waals surface area contributed by atoms with Crippen LogP contribution in [0.4, 0.5) is 0 Å². The highest BCUT2D eigenvalue weighted by Gasteiger charge is 2.23. The molecule has 8 nitrogen and oxygen atoms in total. The molecule has 3 aromatic heterocycles. The van der Waals surface area contributed by atoms with E-state index in [4.69, 9.17) is 13.7 Å². The SMILES string of the molecule is Cc1cc(C)n(C[C@H]2CN(Cc3nc(-c4ccoc4)no3)CCO2)n1. The summed E-state index contributed by atoms with van der Waals surface area (Å²) in [6.45, 7) is 7.77. The van der Waals surface area contributed by atoms with Gasteiger partial charge in [0.05, 0.1) is 43.3 Å². The van der Waals surface area contributed by atoms with Crippen molar-refractivity contribution >= 4 is 0 Å². The Morgan fingerprint density at radius 1 is 1.32 bits per heavy atom. The fourth-order valence-electron chi connectivity index (χ4n) is 3.11. The van der Waals surface area contributed by atoms with Crippen molar-refractivity contribution in [3.8, 4) is 11.4 Å². The van der Waals surface area contributed by atoms with Crippen molar-refractivity contribution in [3.63, 3.8) is 0 Å². The molecule has 0 aromatic carbocycles. The lowest BCUT2D eigenvalue weighted by Crippen LogP contribution is -2.44. The molecule has 4 rings (SSSR count).